The summed E-state index contributed by atoms with van der Waals surface area (Å²) in [5.74, 6) is -3.55. The molecular weight excluding hydrogens is 466 g/mol. The molecule has 0 saturated heterocycles. The first-order chi connectivity index (χ1) is 16.2. The van der Waals surface area contributed by atoms with Gasteiger partial charge in [0.1, 0.15) is 11.6 Å². The van der Waals surface area contributed by atoms with E-state index in [0.29, 0.717) is 18.2 Å². The fraction of sp³-hybridized carbons (Fsp3) is 0.167. The van der Waals surface area contributed by atoms with Gasteiger partial charge in [-0.1, -0.05) is 24.3 Å². The number of sulfonamides is 1. The number of rotatable bonds is 6. The molecule has 0 aromatic heterocycles. The van der Waals surface area contributed by atoms with Crippen molar-refractivity contribution in [1.82, 2.24) is 0 Å². The second-order valence-electron chi connectivity index (χ2n) is 7.76. The lowest BCUT2D eigenvalue weighted by Gasteiger charge is -2.24. The largest absolute Gasteiger partial charge is 0.452 e. The van der Waals surface area contributed by atoms with E-state index in [2.05, 4.69) is 5.32 Å². The number of halogens is 2. The van der Waals surface area contributed by atoms with Crippen molar-refractivity contribution < 1.29 is 31.5 Å². The molecule has 0 spiro atoms. The predicted molar refractivity (Wildman–Crippen MR) is 121 cm³/mol. The van der Waals surface area contributed by atoms with Crippen LogP contribution in [0.2, 0.25) is 0 Å². The fourth-order valence-corrected chi connectivity index (χ4v) is 5.53. The summed E-state index contributed by atoms with van der Waals surface area (Å²) in [6.07, 6.45) is 0.570. The van der Waals surface area contributed by atoms with E-state index in [1.54, 1.807) is 19.1 Å². The van der Waals surface area contributed by atoms with Crippen LogP contribution < -0.4 is 9.62 Å². The molecule has 0 bridgehead atoms. The molecule has 1 heterocycles. The number of nitrogens with one attached hydrogen (secondary N) is 1. The summed E-state index contributed by atoms with van der Waals surface area (Å²) < 4.78 is 59.6. The van der Waals surface area contributed by atoms with E-state index in [0.717, 1.165) is 17.7 Å². The molecular formula is C24H20F2N2O5S. The Hall–Kier alpha value is -3.79. The minimum Gasteiger partial charge on any atom is -0.452 e. The van der Waals surface area contributed by atoms with E-state index in [1.807, 2.05) is 12.1 Å². The molecule has 1 atom stereocenters. The van der Waals surface area contributed by atoms with E-state index in [-0.39, 0.29) is 22.2 Å². The van der Waals surface area contributed by atoms with Gasteiger partial charge in [-0.3, -0.25) is 9.10 Å². The number of benzene rings is 3. The average molecular weight is 486 g/mol. The quantitative estimate of drug-likeness (QED) is 0.534. The van der Waals surface area contributed by atoms with Crippen LogP contribution in [0.3, 0.4) is 0 Å². The molecule has 0 radical (unpaired) electrons. The van der Waals surface area contributed by atoms with E-state index < -0.39 is 40.1 Å². The Balaban J connectivity index is 1.47. The van der Waals surface area contributed by atoms with Crippen LogP contribution in [0.15, 0.2) is 71.6 Å². The lowest BCUT2D eigenvalue weighted by atomic mass is 10.1. The molecule has 0 fully saturated rings. The van der Waals surface area contributed by atoms with E-state index in [4.69, 9.17) is 4.74 Å². The van der Waals surface area contributed by atoms with E-state index in [9.17, 15) is 26.8 Å². The molecule has 1 unspecified atom stereocenters. The average Bonchev–Trinajstić information content (AvgIpc) is 3.16. The number of hydrogen-bond donors (Lipinski definition) is 1. The molecule has 4 rings (SSSR count). The summed E-state index contributed by atoms with van der Waals surface area (Å²) >= 11 is 0. The molecule has 1 aliphatic rings. The van der Waals surface area contributed by atoms with Crippen LogP contribution in [0, 0.1) is 11.6 Å². The second-order valence-corrected chi connectivity index (χ2v) is 9.57. The van der Waals surface area contributed by atoms with Gasteiger partial charge in [0.2, 0.25) is 0 Å². The van der Waals surface area contributed by atoms with E-state index in [1.165, 1.54) is 28.6 Å². The summed E-state index contributed by atoms with van der Waals surface area (Å²) in [6, 6.07) is 14.9. The van der Waals surface area contributed by atoms with Crippen LogP contribution in [-0.4, -0.2) is 32.9 Å². The topological polar surface area (TPSA) is 92.8 Å². The third kappa shape index (κ3) is 4.62. The number of para-hydroxylation sites is 1. The van der Waals surface area contributed by atoms with Gasteiger partial charge in [-0.2, -0.15) is 0 Å². The summed E-state index contributed by atoms with van der Waals surface area (Å²) in [5, 5.41) is 2.17. The van der Waals surface area contributed by atoms with Crippen molar-refractivity contribution >= 4 is 33.3 Å². The van der Waals surface area contributed by atoms with Gasteiger partial charge in [-0.25, -0.2) is 22.0 Å². The number of carbonyl (C=O) groups is 2. The highest BCUT2D eigenvalue weighted by atomic mass is 32.2. The molecule has 1 amide bonds. The lowest BCUT2D eigenvalue weighted by molar-refractivity contribution is -0.119. The molecule has 1 N–H and O–H groups in total. The summed E-state index contributed by atoms with van der Waals surface area (Å²) in [7, 11) is -3.96. The Morgan fingerprint density at radius 1 is 1.06 bits per heavy atom. The SMILES string of the molecule is CC1Cc2ccccc2N1S(=O)(=O)c1cccc(C(=O)OCC(=O)Nc2ccc(F)cc2F)c1. The molecule has 34 heavy (non-hydrogen) atoms. The number of fused-ring (bicyclic) bond motifs is 1. The molecule has 176 valence electrons. The van der Waals surface area contributed by atoms with Crippen molar-refractivity contribution in [3.63, 3.8) is 0 Å². The molecule has 3 aromatic rings. The van der Waals surface area contributed by atoms with Gasteiger partial charge < -0.3 is 10.1 Å². The van der Waals surface area contributed by atoms with Crippen LogP contribution in [0.4, 0.5) is 20.2 Å². The van der Waals surface area contributed by atoms with Gasteiger partial charge in [0.05, 0.1) is 21.8 Å². The molecule has 0 aliphatic carbocycles. The van der Waals surface area contributed by atoms with Crippen molar-refractivity contribution in [2.45, 2.75) is 24.3 Å². The van der Waals surface area contributed by atoms with Crippen molar-refractivity contribution in [3.05, 3.63) is 89.5 Å². The normalized spacial score (nSPS) is 15.0. The molecule has 1 aliphatic heterocycles. The van der Waals surface area contributed by atoms with Gasteiger partial charge in [-0.05, 0) is 55.3 Å². The summed E-state index contributed by atoms with van der Waals surface area (Å²) in [4.78, 5) is 24.3. The second kappa shape index (κ2) is 9.22. The highest BCUT2D eigenvalue weighted by Gasteiger charge is 2.36. The standard InChI is InChI=1S/C24H20F2N2O5S/c1-15-11-16-5-2-3-8-22(16)28(15)34(31,32)19-7-4-6-17(12-19)24(30)33-14-23(29)27-21-10-9-18(25)13-20(21)26/h2-10,12-13,15H,11,14H2,1H3,(H,27,29). The zero-order valence-electron chi connectivity index (χ0n) is 18.0. The highest BCUT2D eigenvalue weighted by molar-refractivity contribution is 7.92. The maximum atomic E-state index is 13.7. The van der Waals surface area contributed by atoms with Crippen LogP contribution in [0.5, 0.6) is 0 Å². The van der Waals surface area contributed by atoms with Gasteiger partial charge in [0, 0.05) is 12.1 Å². The predicted octanol–water partition coefficient (Wildman–Crippen LogP) is 3.90. The van der Waals surface area contributed by atoms with Crippen LogP contribution in [0.1, 0.15) is 22.8 Å². The smallest absolute Gasteiger partial charge is 0.338 e. The number of anilines is 2. The first-order valence-electron chi connectivity index (χ1n) is 10.3. The van der Waals surface area contributed by atoms with Crippen molar-refractivity contribution in [3.8, 4) is 0 Å². The minimum absolute atomic E-state index is 0.0676. The Morgan fingerprint density at radius 3 is 2.59 bits per heavy atom. The van der Waals surface area contributed by atoms with Crippen LogP contribution in [0.25, 0.3) is 0 Å². The van der Waals surface area contributed by atoms with Crippen molar-refractivity contribution in [1.29, 1.82) is 0 Å². The zero-order chi connectivity index (χ0) is 24.5. The summed E-state index contributed by atoms with van der Waals surface area (Å²) in [6.45, 7) is 1.06. The highest BCUT2D eigenvalue weighted by Crippen LogP contribution is 2.36. The number of esters is 1. The Labute approximate surface area is 195 Å². The Morgan fingerprint density at radius 2 is 1.82 bits per heavy atom. The monoisotopic (exact) mass is 486 g/mol. The Bertz CT molecular complexity index is 1380. The number of ether oxygens (including phenoxy) is 1. The van der Waals surface area contributed by atoms with E-state index >= 15 is 0 Å². The summed E-state index contributed by atoms with van der Waals surface area (Å²) in [5.41, 5.74) is 1.17. The molecule has 7 nitrogen and oxygen atoms in total. The lowest BCUT2D eigenvalue weighted by Crippen LogP contribution is -2.35. The molecule has 3 aromatic carbocycles. The first kappa shape index (κ1) is 23.4. The van der Waals surface area contributed by atoms with Crippen LogP contribution >= 0.6 is 0 Å². The van der Waals surface area contributed by atoms with Gasteiger partial charge in [-0.15, -0.1) is 0 Å². The van der Waals surface area contributed by atoms with Crippen molar-refractivity contribution in [2.24, 2.45) is 0 Å². The molecule has 0 saturated carbocycles. The number of amides is 1. The number of nitrogens with zero attached hydrogens (tertiary/aromatic N) is 1. The number of carbonyl (C=O) groups excluding carboxylic acids is 2. The van der Waals surface area contributed by atoms with Gasteiger partial charge in [0.25, 0.3) is 15.9 Å². The van der Waals surface area contributed by atoms with Crippen molar-refractivity contribution in [2.75, 3.05) is 16.2 Å². The maximum absolute atomic E-state index is 13.7. The molecule has 10 heteroatoms. The third-order valence-corrected chi connectivity index (χ3v) is 7.23. The fourth-order valence-electron chi connectivity index (χ4n) is 3.79. The van der Waals surface area contributed by atoms with Crippen LogP contribution in [-0.2, 0) is 26.0 Å². The first-order valence-corrected chi connectivity index (χ1v) is 11.8. The minimum atomic E-state index is -3.96. The zero-order valence-corrected chi connectivity index (χ0v) is 18.8. The maximum Gasteiger partial charge on any atom is 0.338 e. The van der Waals surface area contributed by atoms with Gasteiger partial charge >= 0.3 is 5.97 Å². The van der Waals surface area contributed by atoms with Gasteiger partial charge in [0.15, 0.2) is 6.61 Å². The Kier molecular flexibility index (Phi) is 6.34. The third-order valence-electron chi connectivity index (χ3n) is 5.31. The number of hydrogen-bond acceptors (Lipinski definition) is 5.